The van der Waals surface area contributed by atoms with E-state index < -0.39 is 0 Å². The van der Waals surface area contributed by atoms with E-state index in [1.165, 1.54) is 5.56 Å². The number of methoxy groups -OCH3 is 1. The Morgan fingerprint density at radius 3 is 2.94 bits per heavy atom. The summed E-state index contributed by atoms with van der Waals surface area (Å²) in [4.78, 5) is 0. The predicted octanol–water partition coefficient (Wildman–Crippen LogP) is 2.09. The van der Waals surface area contributed by atoms with E-state index in [0.29, 0.717) is 6.54 Å². The van der Waals surface area contributed by atoms with Gasteiger partial charge in [-0.15, -0.1) is 0 Å². The predicted molar refractivity (Wildman–Crippen MR) is 68.4 cm³/mol. The third-order valence-electron chi connectivity index (χ3n) is 3.77. The quantitative estimate of drug-likeness (QED) is 0.869. The van der Waals surface area contributed by atoms with Gasteiger partial charge in [0.05, 0.1) is 12.7 Å². The number of ether oxygens (including phenoxy) is 2. The zero-order chi connectivity index (χ0) is 12.3. The van der Waals surface area contributed by atoms with E-state index >= 15 is 0 Å². The van der Waals surface area contributed by atoms with Crippen LogP contribution in [0.15, 0.2) is 24.3 Å². The van der Waals surface area contributed by atoms with Crippen molar-refractivity contribution in [2.75, 3.05) is 20.3 Å². The second kappa shape index (κ2) is 5.07. The molecule has 3 nitrogen and oxygen atoms in total. The van der Waals surface area contributed by atoms with Crippen molar-refractivity contribution in [1.29, 1.82) is 0 Å². The van der Waals surface area contributed by atoms with Crippen LogP contribution in [0.5, 0.6) is 5.75 Å². The number of rotatable bonds is 4. The highest BCUT2D eigenvalue weighted by Crippen LogP contribution is 2.41. The van der Waals surface area contributed by atoms with Crippen LogP contribution in [0.3, 0.4) is 0 Å². The Balaban J connectivity index is 2.35. The molecule has 3 heteroatoms. The Bertz CT molecular complexity index is 380. The molecule has 1 heterocycles. The summed E-state index contributed by atoms with van der Waals surface area (Å²) in [5.74, 6) is 0.979. The minimum absolute atomic E-state index is 0.00424. The van der Waals surface area contributed by atoms with Gasteiger partial charge in [0.1, 0.15) is 5.75 Å². The first-order chi connectivity index (χ1) is 8.22. The summed E-state index contributed by atoms with van der Waals surface area (Å²) in [6.07, 6.45) is 2.12. The molecule has 0 amide bonds. The number of hydrogen-bond acceptors (Lipinski definition) is 3. The van der Waals surface area contributed by atoms with Crippen LogP contribution in [0.1, 0.15) is 25.3 Å². The third-order valence-corrected chi connectivity index (χ3v) is 3.77. The van der Waals surface area contributed by atoms with Gasteiger partial charge in [0.15, 0.2) is 0 Å². The molecule has 1 aliphatic rings. The molecule has 0 bridgehead atoms. The number of para-hydroxylation sites is 1. The zero-order valence-corrected chi connectivity index (χ0v) is 10.6. The standard InChI is InChI=1S/C14H21NO2/c1-11(16-2)9-14(10-15)7-8-17-13-6-4-3-5-12(13)14/h3-6,11H,7-10,15H2,1-2H3. The number of hydrogen-bond donors (Lipinski definition) is 1. The molecule has 0 aliphatic carbocycles. The lowest BCUT2D eigenvalue weighted by Gasteiger charge is -2.39. The highest BCUT2D eigenvalue weighted by molar-refractivity contribution is 5.41. The van der Waals surface area contributed by atoms with Gasteiger partial charge in [0.2, 0.25) is 0 Å². The smallest absolute Gasteiger partial charge is 0.123 e. The van der Waals surface area contributed by atoms with Crippen LogP contribution in [-0.2, 0) is 10.2 Å². The van der Waals surface area contributed by atoms with Crippen LogP contribution in [0, 0.1) is 0 Å². The van der Waals surface area contributed by atoms with E-state index in [1.54, 1.807) is 7.11 Å². The second-order valence-electron chi connectivity index (χ2n) is 4.83. The number of nitrogens with two attached hydrogens (primary N) is 1. The molecule has 2 N–H and O–H groups in total. The molecule has 0 saturated heterocycles. The fourth-order valence-corrected chi connectivity index (χ4v) is 2.66. The van der Waals surface area contributed by atoms with Gasteiger partial charge in [0, 0.05) is 24.6 Å². The molecular weight excluding hydrogens is 214 g/mol. The Kier molecular flexibility index (Phi) is 3.69. The van der Waals surface area contributed by atoms with Crippen molar-refractivity contribution in [2.24, 2.45) is 5.73 Å². The largest absolute Gasteiger partial charge is 0.493 e. The van der Waals surface area contributed by atoms with Crippen LogP contribution in [-0.4, -0.2) is 26.4 Å². The van der Waals surface area contributed by atoms with E-state index in [4.69, 9.17) is 15.2 Å². The highest BCUT2D eigenvalue weighted by atomic mass is 16.5. The average molecular weight is 235 g/mol. The zero-order valence-electron chi connectivity index (χ0n) is 10.6. The summed E-state index contributed by atoms with van der Waals surface area (Å²) in [6.45, 7) is 3.47. The molecule has 94 valence electrons. The summed E-state index contributed by atoms with van der Waals surface area (Å²) in [6, 6.07) is 8.21. The van der Waals surface area contributed by atoms with Crippen LogP contribution < -0.4 is 10.5 Å². The van der Waals surface area contributed by atoms with Crippen molar-refractivity contribution in [3.8, 4) is 5.75 Å². The molecule has 1 aromatic carbocycles. The van der Waals surface area contributed by atoms with Crippen molar-refractivity contribution < 1.29 is 9.47 Å². The van der Waals surface area contributed by atoms with Gasteiger partial charge in [-0.25, -0.2) is 0 Å². The van der Waals surface area contributed by atoms with Gasteiger partial charge < -0.3 is 15.2 Å². The molecule has 0 aromatic heterocycles. The Labute approximate surface area is 103 Å². The van der Waals surface area contributed by atoms with Crippen LogP contribution >= 0.6 is 0 Å². The lowest BCUT2D eigenvalue weighted by atomic mass is 9.72. The summed E-state index contributed by atoms with van der Waals surface area (Å²) in [5.41, 5.74) is 7.28. The minimum atomic E-state index is 0.00424. The first-order valence-corrected chi connectivity index (χ1v) is 6.17. The molecule has 2 rings (SSSR count). The van der Waals surface area contributed by atoms with Crippen LogP contribution in [0.4, 0.5) is 0 Å². The molecular formula is C14H21NO2. The molecule has 0 radical (unpaired) electrons. The van der Waals surface area contributed by atoms with Crippen molar-refractivity contribution in [2.45, 2.75) is 31.3 Å². The molecule has 0 fully saturated rings. The van der Waals surface area contributed by atoms with Gasteiger partial charge >= 0.3 is 0 Å². The first-order valence-electron chi connectivity index (χ1n) is 6.17. The molecule has 1 aliphatic heterocycles. The summed E-state index contributed by atoms with van der Waals surface area (Å²) in [5, 5.41) is 0. The van der Waals surface area contributed by atoms with E-state index in [-0.39, 0.29) is 11.5 Å². The van der Waals surface area contributed by atoms with E-state index in [0.717, 1.165) is 25.2 Å². The number of fused-ring (bicyclic) bond motifs is 1. The highest BCUT2D eigenvalue weighted by Gasteiger charge is 2.37. The van der Waals surface area contributed by atoms with Gasteiger partial charge in [-0.3, -0.25) is 0 Å². The Morgan fingerprint density at radius 1 is 1.47 bits per heavy atom. The average Bonchev–Trinajstić information content (AvgIpc) is 2.39. The van der Waals surface area contributed by atoms with Gasteiger partial charge in [-0.05, 0) is 25.8 Å². The molecule has 1 aromatic rings. The van der Waals surface area contributed by atoms with E-state index in [9.17, 15) is 0 Å². The SMILES string of the molecule is COC(C)CC1(CN)CCOc2ccccc21. The van der Waals surface area contributed by atoms with Gasteiger partial charge in [0.25, 0.3) is 0 Å². The lowest BCUT2D eigenvalue weighted by molar-refractivity contribution is 0.0755. The molecule has 17 heavy (non-hydrogen) atoms. The normalized spacial score (nSPS) is 24.9. The second-order valence-corrected chi connectivity index (χ2v) is 4.83. The van der Waals surface area contributed by atoms with E-state index in [1.807, 2.05) is 12.1 Å². The monoisotopic (exact) mass is 235 g/mol. The van der Waals surface area contributed by atoms with E-state index in [2.05, 4.69) is 19.1 Å². The third kappa shape index (κ3) is 2.31. The van der Waals surface area contributed by atoms with Gasteiger partial charge in [-0.1, -0.05) is 18.2 Å². The fraction of sp³-hybridized carbons (Fsp3) is 0.571. The summed E-state index contributed by atoms with van der Waals surface area (Å²) < 4.78 is 11.1. The molecule has 2 unspecified atom stereocenters. The maximum atomic E-state index is 6.04. The van der Waals surface area contributed by atoms with Gasteiger partial charge in [-0.2, -0.15) is 0 Å². The Morgan fingerprint density at radius 2 is 2.24 bits per heavy atom. The lowest BCUT2D eigenvalue weighted by Crippen LogP contribution is -2.42. The molecule has 0 spiro atoms. The van der Waals surface area contributed by atoms with Crippen molar-refractivity contribution >= 4 is 0 Å². The Hall–Kier alpha value is -1.06. The fourth-order valence-electron chi connectivity index (χ4n) is 2.66. The maximum absolute atomic E-state index is 6.04. The molecule has 0 saturated carbocycles. The topological polar surface area (TPSA) is 44.5 Å². The molecule has 2 atom stereocenters. The van der Waals surface area contributed by atoms with Crippen molar-refractivity contribution in [1.82, 2.24) is 0 Å². The van der Waals surface area contributed by atoms with Crippen molar-refractivity contribution in [3.05, 3.63) is 29.8 Å². The van der Waals surface area contributed by atoms with Crippen LogP contribution in [0.25, 0.3) is 0 Å². The minimum Gasteiger partial charge on any atom is -0.493 e. The van der Waals surface area contributed by atoms with Crippen molar-refractivity contribution in [3.63, 3.8) is 0 Å². The number of benzene rings is 1. The summed E-state index contributed by atoms with van der Waals surface area (Å²) in [7, 11) is 1.75. The maximum Gasteiger partial charge on any atom is 0.123 e. The summed E-state index contributed by atoms with van der Waals surface area (Å²) >= 11 is 0. The first kappa shape index (κ1) is 12.4. The van der Waals surface area contributed by atoms with Crippen LogP contribution in [0.2, 0.25) is 0 Å².